The number of piperidine rings is 1. The summed E-state index contributed by atoms with van der Waals surface area (Å²) < 4.78 is 0. The molecule has 1 aliphatic rings. The van der Waals surface area contributed by atoms with Crippen LogP contribution in [0.5, 0.6) is 0 Å². The molecule has 1 saturated heterocycles. The summed E-state index contributed by atoms with van der Waals surface area (Å²) in [5.41, 5.74) is 1.99. The predicted molar refractivity (Wildman–Crippen MR) is 75.8 cm³/mol. The monoisotopic (exact) mass is 262 g/mol. The Morgan fingerprint density at radius 3 is 2.53 bits per heavy atom. The van der Waals surface area contributed by atoms with Gasteiger partial charge in [-0.3, -0.25) is 9.69 Å². The molecule has 0 saturated carbocycles. The van der Waals surface area contributed by atoms with Gasteiger partial charge in [-0.15, -0.1) is 0 Å². The Bertz CT molecular complexity index is 409. The number of hydrogen-bond donors (Lipinski definition) is 2. The van der Waals surface area contributed by atoms with Crippen LogP contribution in [0.3, 0.4) is 0 Å². The van der Waals surface area contributed by atoms with Gasteiger partial charge >= 0.3 is 0 Å². The number of nitrogens with one attached hydrogen (secondary N) is 1. The van der Waals surface area contributed by atoms with Gasteiger partial charge in [0.1, 0.15) is 6.61 Å². The van der Waals surface area contributed by atoms with E-state index in [-0.39, 0.29) is 5.91 Å². The van der Waals surface area contributed by atoms with Crippen molar-refractivity contribution in [2.45, 2.75) is 26.3 Å². The van der Waals surface area contributed by atoms with Crippen molar-refractivity contribution in [3.8, 4) is 0 Å². The lowest BCUT2D eigenvalue weighted by Gasteiger charge is -2.30. The van der Waals surface area contributed by atoms with E-state index >= 15 is 0 Å². The number of hydrogen-bond acceptors (Lipinski definition) is 3. The van der Waals surface area contributed by atoms with Crippen LogP contribution in [0.4, 0.5) is 5.69 Å². The minimum Gasteiger partial charge on any atom is -0.387 e. The Labute approximate surface area is 114 Å². The lowest BCUT2D eigenvalue weighted by Crippen LogP contribution is -2.32. The van der Waals surface area contributed by atoms with Crippen molar-refractivity contribution in [3.05, 3.63) is 29.8 Å². The van der Waals surface area contributed by atoms with Crippen LogP contribution in [0.2, 0.25) is 0 Å². The van der Waals surface area contributed by atoms with Gasteiger partial charge in [0.2, 0.25) is 5.91 Å². The molecule has 104 valence electrons. The number of anilines is 1. The summed E-state index contributed by atoms with van der Waals surface area (Å²) in [6, 6.07) is 7.83. The number of rotatable bonds is 4. The molecule has 1 aromatic carbocycles. The summed E-state index contributed by atoms with van der Waals surface area (Å²) in [6.45, 7) is 5.15. The molecule has 0 radical (unpaired) electrons. The zero-order valence-corrected chi connectivity index (χ0v) is 11.4. The standard InChI is InChI=1S/C15H22N2O2/c1-12-6-8-17(9-7-12)10-13-2-4-14(5-3-13)16-15(19)11-18/h2-5,12,18H,6-11H2,1H3,(H,16,19). The number of benzene rings is 1. The first-order valence-electron chi connectivity index (χ1n) is 6.89. The molecule has 2 rings (SSSR count). The van der Waals surface area contributed by atoms with Crippen molar-refractivity contribution in [2.24, 2.45) is 5.92 Å². The first kappa shape index (κ1) is 14.0. The van der Waals surface area contributed by atoms with Crippen molar-refractivity contribution < 1.29 is 9.90 Å². The molecule has 19 heavy (non-hydrogen) atoms. The van der Waals surface area contributed by atoms with Gasteiger partial charge in [0, 0.05) is 12.2 Å². The van der Waals surface area contributed by atoms with E-state index in [0.717, 1.165) is 18.2 Å². The lowest BCUT2D eigenvalue weighted by atomic mass is 9.99. The number of aliphatic hydroxyl groups excluding tert-OH is 1. The Morgan fingerprint density at radius 1 is 1.32 bits per heavy atom. The van der Waals surface area contributed by atoms with E-state index in [4.69, 9.17) is 5.11 Å². The highest BCUT2D eigenvalue weighted by atomic mass is 16.3. The zero-order valence-electron chi connectivity index (χ0n) is 11.4. The Hall–Kier alpha value is -1.39. The maximum Gasteiger partial charge on any atom is 0.250 e. The van der Waals surface area contributed by atoms with Gasteiger partial charge in [-0.2, -0.15) is 0 Å². The van der Waals surface area contributed by atoms with Crippen molar-refractivity contribution >= 4 is 11.6 Å². The molecule has 1 amide bonds. The first-order valence-corrected chi connectivity index (χ1v) is 6.89. The molecular weight excluding hydrogens is 240 g/mol. The zero-order chi connectivity index (χ0) is 13.7. The first-order chi connectivity index (χ1) is 9.17. The SMILES string of the molecule is CC1CCN(Cc2ccc(NC(=O)CO)cc2)CC1. The molecule has 0 aliphatic carbocycles. The van der Waals surface area contributed by atoms with E-state index in [2.05, 4.69) is 17.1 Å². The highest BCUT2D eigenvalue weighted by Gasteiger charge is 2.15. The molecule has 4 heteroatoms. The number of carbonyl (C=O) groups is 1. The molecule has 0 spiro atoms. The lowest BCUT2D eigenvalue weighted by molar-refractivity contribution is -0.118. The van der Waals surface area contributed by atoms with Crippen LogP contribution in [0.15, 0.2) is 24.3 Å². The molecule has 0 unspecified atom stereocenters. The summed E-state index contributed by atoms with van der Waals surface area (Å²) in [6.07, 6.45) is 2.56. The normalized spacial score (nSPS) is 17.4. The van der Waals surface area contributed by atoms with Gasteiger partial charge in [-0.25, -0.2) is 0 Å². The average molecular weight is 262 g/mol. The van der Waals surface area contributed by atoms with E-state index in [1.54, 1.807) is 0 Å². The Kier molecular flexibility index (Phi) is 4.93. The molecule has 1 heterocycles. The number of amides is 1. The highest BCUT2D eigenvalue weighted by molar-refractivity contribution is 5.91. The van der Waals surface area contributed by atoms with E-state index in [9.17, 15) is 4.79 Å². The summed E-state index contributed by atoms with van der Waals surface area (Å²) in [4.78, 5) is 13.5. The summed E-state index contributed by atoms with van der Waals surface area (Å²) in [7, 11) is 0. The van der Waals surface area contributed by atoms with Gasteiger partial charge in [0.25, 0.3) is 0 Å². The number of nitrogens with zero attached hydrogens (tertiary/aromatic N) is 1. The molecule has 4 nitrogen and oxygen atoms in total. The van der Waals surface area contributed by atoms with Crippen molar-refractivity contribution in [1.29, 1.82) is 0 Å². The second-order valence-electron chi connectivity index (χ2n) is 5.36. The third-order valence-electron chi connectivity index (χ3n) is 3.66. The van der Waals surface area contributed by atoms with E-state index in [0.29, 0.717) is 0 Å². The van der Waals surface area contributed by atoms with Gasteiger partial charge in [-0.1, -0.05) is 19.1 Å². The fraction of sp³-hybridized carbons (Fsp3) is 0.533. The third-order valence-corrected chi connectivity index (χ3v) is 3.66. The molecule has 1 fully saturated rings. The van der Waals surface area contributed by atoms with Crippen LogP contribution >= 0.6 is 0 Å². The fourth-order valence-electron chi connectivity index (χ4n) is 2.37. The minimum atomic E-state index is -0.478. The molecule has 1 aliphatic heterocycles. The van der Waals surface area contributed by atoms with Crippen LogP contribution in [-0.2, 0) is 11.3 Å². The largest absolute Gasteiger partial charge is 0.387 e. The van der Waals surface area contributed by atoms with Gasteiger partial charge in [-0.05, 0) is 49.5 Å². The molecule has 0 atom stereocenters. The average Bonchev–Trinajstić information content (AvgIpc) is 2.43. The van der Waals surface area contributed by atoms with Crippen molar-refractivity contribution in [1.82, 2.24) is 4.90 Å². The smallest absolute Gasteiger partial charge is 0.250 e. The second kappa shape index (κ2) is 6.68. The molecule has 0 aromatic heterocycles. The second-order valence-corrected chi connectivity index (χ2v) is 5.36. The number of carbonyl (C=O) groups excluding carboxylic acids is 1. The minimum absolute atomic E-state index is 0.377. The number of likely N-dealkylation sites (tertiary alicyclic amines) is 1. The maximum absolute atomic E-state index is 11.0. The van der Waals surface area contributed by atoms with Crippen LogP contribution in [0.25, 0.3) is 0 Å². The maximum atomic E-state index is 11.0. The molecule has 0 bridgehead atoms. The van der Waals surface area contributed by atoms with Gasteiger partial charge in [0.05, 0.1) is 0 Å². The molecular formula is C15H22N2O2. The van der Waals surface area contributed by atoms with Crippen LogP contribution in [0.1, 0.15) is 25.3 Å². The van der Waals surface area contributed by atoms with Crippen LogP contribution < -0.4 is 5.32 Å². The predicted octanol–water partition coefficient (Wildman–Crippen LogP) is 1.85. The van der Waals surface area contributed by atoms with Gasteiger partial charge < -0.3 is 10.4 Å². The van der Waals surface area contributed by atoms with Crippen LogP contribution in [-0.4, -0.2) is 35.6 Å². The molecule has 1 aromatic rings. The Balaban J connectivity index is 1.86. The summed E-state index contributed by atoms with van der Waals surface area (Å²) in [5, 5.41) is 11.3. The highest BCUT2D eigenvalue weighted by Crippen LogP contribution is 2.18. The summed E-state index contributed by atoms with van der Waals surface area (Å²) >= 11 is 0. The van der Waals surface area contributed by atoms with E-state index in [1.807, 2.05) is 24.3 Å². The van der Waals surface area contributed by atoms with E-state index in [1.165, 1.54) is 31.5 Å². The quantitative estimate of drug-likeness (QED) is 0.870. The van der Waals surface area contributed by atoms with Crippen molar-refractivity contribution in [3.63, 3.8) is 0 Å². The Morgan fingerprint density at radius 2 is 1.95 bits per heavy atom. The van der Waals surface area contributed by atoms with Crippen LogP contribution in [0, 0.1) is 5.92 Å². The molecule has 2 N–H and O–H groups in total. The van der Waals surface area contributed by atoms with Gasteiger partial charge in [0.15, 0.2) is 0 Å². The number of aliphatic hydroxyl groups is 1. The fourth-order valence-corrected chi connectivity index (χ4v) is 2.37. The van der Waals surface area contributed by atoms with E-state index < -0.39 is 6.61 Å². The van der Waals surface area contributed by atoms with Crippen molar-refractivity contribution in [2.75, 3.05) is 25.0 Å². The topological polar surface area (TPSA) is 52.6 Å². The summed E-state index contributed by atoms with van der Waals surface area (Å²) in [5.74, 6) is 0.477. The third kappa shape index (κ3) is 4.33.